The predicted octanol–water partition coefficient (Wildman–Crippen LogP) is 3.58. The van der Waals surface area contributed by atoms with Crippen molar-refractivity contribution in [1.82, 2.24) is 15.3 Å². The summed E-state index contributed by atoms with van der Waals surface area (Å²) >= 11 is 7.76. The van der Waals surface area contributed by atoms with Gasteiger partial charge in [0.15, 0.2) is 0 Å². The topological polar surface area (TPSA) is 54.9 Å². The van der Waals surface area contributed by atoms with Crippen LogP contribution < -0.4 is 5.32 Å². The molecule has 0 aliphatic heterocycles. The Hall–Kier alpha value is -1.98. The quantitative estimate of drug-likeness (QED) is 0.803. The van der Waals surface area contributed by atoms with E-state index in [1.54, 1.807) is 23.6 Å². The normalized spacial score (nSPS) is 10.8. The number of hydrogen-bond acceptors (Lipinski definition) is 4. The Balaban J connectivity index is 1.81. The van der Waals surface area contributed by atoms with E-state index in [0.717, 1.165) is 15.3 Å². The Kier molecular flexibility index (Phi) is 3.86. The summed E-state index contributed by atoms with van der Waals surface area (Å²) in [5, 5.41) is 5.18. The van der Waals surface area contributed by atoms with E-state index in [1.165, 1.54) is 0 Å². The number of nitrogens with one attached hydrogen (secondary N) is 1. The molecule has 0 atom stereocenters. The molecule has 4 nitrogen and oxygen atoms in total. The van der Waals surface area contributed by atoms with Crippen LogP contribution in [0.5, 0.6) is 0 Å². The molecule has 0 fully saturated rings. The number of fused-ring (bicyclic) bond motifs is 1. The van der Waals surface area contributed by atoms with Crippen LogP contribution in [0.15, 0.2) is 36.5 Å². The number of hydrogen-bond donors (Lipinski definition) is 1. The lowest BCUT2D eigenvalue weighted by Gasteiger charge is -2.06. The van der Waals surface area contributed by atoms with Crippen LogP contribution in [-0.2, 0) is 6.54 Å². The lowest BCUT2D eigenvalue weighted by molar-refractivity contribution is 0.0946. The van der Waals surface area contributed by atoms with Gasteiger partial charge in [-0.05, 0) is 19.1 Å². The number of benzene rings is 1. The molecule has 2 aromatic heterocycles. The summed E-state index contributed by atoms with van der Waals surface area (Å²) in [6, 6.07) is 9.07. The highest BCUT2D eigenvalue weighted by Crippen LogP contribution is 2.22. The monoisotopic (exact) mass is 317 g/mol. The third-order valence-electron chi connectivity index (χ3n) is 2.99. The number of halogens is 1. The standard InChI is InChI=1S/C15H12ClN3OS/c1-9-17-7-10(21-9)8-18-15(20)14-6-12(16)11-4-2-3-5-13(11)19-14/h2-7H,8H2,1H3,(H,18,20). The van der Waals surface area contributed by atoms with Crippen LogP contribution in [0, 0.1) is 6.92 Å². The molecule has 2 heterocycles. The summed E-state index contributed by atoms with van der Waals surface area (Å²) in [7, 11) is 0. The first kappa shape index (κ1) is 14.0. The summed E-state index contributed by atoms with van der Waals surface area (Å²) in [5.74, 6) is -0.242. The fraction of sp³-hybridized carbons (Fsp3) is 0.133. The zero-order valence-corrected chi connectivity index (χ0v) is 12.8. The smallest absolute Gasteiger partial charge is 0.270 e. The van der Waals surface area contributed by atoms with Crippen molar-refractivity contribution >= 4 is 39.7 Å². The lowest BCUT2D eigenvalue weighted by atomic mass is 10.2. The molecule has 3 aromatic rings. The molecular weight excluding hydrogens is 306 g/mol. The van der Waals surface area contributed by atoms with E-state index in [-0.39, 0.29) is 5.91 Å². The van der Waals surface area contributed by atoms with Gasteiger partial charge in [0, 0.05) is 16.5 Å². The molecule has 0 saturated heterocycles. The third-order valence-corrected chi connectivity index (χ3v) is 4.22. The minimum Gasteiger partial charge on any atom is -0.346 e. The molecule has 0 radical (unpaired) electrons. The molecule has 0 unspecified atom stereocenters. The number of para-hydroxylation sites is 1. The van der Waals surface area contributed by atoms with Crippen molar-refractivity contribution in [2.24, 2.45) is 0 Å². The van der Waals surface area contributed by atoms with E-state index in [4.69, 9.17) is 11.6 Å². The first-order valence-electron chi connectivity index (χ1n) is 6.38. The van der Waals surface area contributed by atoms with Crippen molar-refractivity contribution in [3.05, 3.63) is 57.1 Å². The summed E-state index contributed by atoms with van der Waals surface area (Å²) < 4.78 is 0. The van der Waals surface area contributed by atoms with Gasteiger partial charge in [0.2, 0.25) is 0 Å². The molecular formula is C15H12ClN3OS. The van der Waals surface area contributed by atoms with Crippen LogP contribution >= 0.6 is 22.9 Å². The minimum atomic E-state index is -0.242. The van der Waals surface area contributed by atoms with Gasteiger partial charge in [-0.3, -0.25) is 4.79 Å². The van der Waals surface area contributed by atoms with E-state index < -0.39 is 0 Å². The molecule has 21 heavy (non-hydrogen) atoms. The maximum absolute atomic E-state index is 12.2. The van der Waals surface area contributed by atoms with Gasteiger partial charge < -0.3 is 5.32 Å². The number of carbonyl (C=O) groups excluding carboxylic acids is 1. The fourth-order valence-corrected chi connectivity index (χ4v) is 2.99. The van der Waals surface area contributed by atoms with Crippen molar-refractivity contribution in [3.63, 3.8) is 0 Å². The van der Waals surface area contributed by atoms with Crippen molar-refractivity contribution < 1.29 is 4.79 Å². The Morgan fingerprint density at radius 1 is 1.38 bits per heavy atom. The predicted molar refractivity (Wildman–Crippen MR) is 84.8 cm³/mol. The van der Waals surface area contributed by atoms with Crippen LogP contribution in [0.1, 0.15) is 20.4 Å². The third kappa shape index (κ3) is 3.04. The first-order chi connectivity index (χ1) is 10.1. The summed E-state index contributed by atoms with van der Waals surface area (Å²) in [6.45, 7) is 2.37. The van der Waals surface area contributed by atoms with Crippen molar-refractivity contribution in [2.45, 2.75) is 13.5 Å². The van der Waals surface area contributed by atoms with Gasteiger partial charge in [-0.2, -0.15) is 0 Å². The number of pyridine rings is 1. The molecule has 1 N–H and O–H groups in total. The van der Waals surface area contributed by atoms with Gasteiger partial charge in [0.25, 0.3) is 5.91 Å². The van der Waals surface area contributed by atoms with Crippen molar-refractivity contribution in [2.75, 3.05) is 0 Å². The molecule has 0 spiro atoms. The van der Waals surface area contributed by atoms with Gasteiger partial charge in [-0.25, -0.2) is 9.97 Å². The fourth-order valence-electron chi connectivity index (χ4n) is 1.99. The van der Waals surface area contributed by atoms with E-state index in [0.29, 0.717) is 22.8 Å². The highest BCUT2D eigenvalue weighted by molar-refractivity contribution is 7.11. The van der Waals surface area contributed by atoms with E-state index in [9.17, 15) is 4.79 Å². The molecule has 106 valence electrons. The second-order valence-corrected chi connectivity index (χ2v) is 6.26. The molecule has 1 amide bonds. The Morgan fingerprint density at radius 2 is 2.19 bits per heavy atom. The van der Waals surface area contributed by atoms with Gasteiger partial charge in [0.05, 0.1) is 22.1 Å². The summed E-state index contributed by atoms with van der Waals surface area (Å²) in [5.41, 5.74) is 1.03. The van der Waals surface area contributed by atoms with E-state index >= 15 is 0 Å². The van der Waals surface area contributed by atoms with Crippen LogP contribution in [0.3, 0.4) is 0 Å². The highest BCUT2D eigenvalue weighted by Gasteiger charge is 2.11. The maximum Gasteiger partial charge on any atom is 0.270 e. The number of nitrogens with zero attached hydrogens (tertiary/aromatic N) is 2. The summed E-state index contributed by atoms with van der Waals surface area (Å²) in [4.78, 5) is 21.7. The molecule has 0 bridgehead atoms. The molecule has 6 heteroatoms. The number of aryl methyl sites for hydroxylation is 1. The largest absolute Gasteiger partial charge is 0.346 e. The highest BCUT2D eigenvalue weighted by atomic mass is 35.5. The van der Waals surface area contributed by atoms with Gasteiger partial charge in [-0.1, -0.05) is 29.8 Å². The minimum absolute atomic E-state index is 0.242. The molecule has 0 saturated carbocycles. The van der Waals surface area contributed by atoms with Gasteiger partial charge in [0.1, 0.15) is 5.69 Å². The number of amides is 1. The van der Waals surface area contributed by atoms with E-state index in [1.807, 2.05) is 31.2 Å². The number of thiazole rings is 1. The number of aromatic nitrogens is 2. The lowest BCUT2D eigenvalue weighted by Crippen LogP contribution is -2.23. The average molecular weight is 318 g/mol. The molecule has 0 aliphatic rings. The van der Waals surface area contributed by atoms with Gasteiger partial charge >= 0.3 is 0 Å². The SMILES string of the molecule is Cc1ncc(CNC(=O)c2cc(Cl)c3ccccc3n2)s1. The average Bonchev–Trinajstić information content (AvgIpc) is 2.90. The Bertz CT molecular complexity index is 816. The second-order valence-electron chi connectivity index (χ2n) is 4.53. The zero-order chi connectivity index (χ0) is 14.8. The van der Waals surface area contributed by atoms with Crippen LogP contribution in [-0.4, -0.2) is 15.9 Å². The van der Waals surface area contributed by atoms with Crippen LogP contribution in [0.2, 0.25) is 5.02 Å². The van der Waals surface area contributed by atoms with E-state index in [2.05, 4.69) is 15.3 Å². The number of carbonyl (C=O) groups is 1. The Labute approximate surface area is 130 Å². The molecule has 3 rings (SSSR count). The van der Waals surface area contributed by atoms with Gasteiger partial charge in [-0.15, -0.1) is 11.3 Å². The maximum atomic E-state index is 12.2. The van der Waals surface area contributed by atoms with Crippen molar-refractivity contribution in [3.8, 4) is 0 Å². The first-order valence-corrected chi connectivity index (χ1v) is 7.58. The zero-order valence-electron chi connectivity index (χ0n) is 11.3. The molecule has 0 aliphatic carbocycles. The van der Waals surface area contributed by atoms with Crippen LogP contribution in [0.25, 0.3) is 10.9 Å². The summed E-state index contributed by atoms with van der Waals surface area (Å²) in [6.07, 6.45) is 1.76. The second kappa shape index (κ2) is 5.79. The molecule has 1 aromatic carbocycles. The Morgan fingerprint density at radius 3 is 2.95 bits per heavy atom. The van der Waals surface area contributed by atoms with Crippen molar-refractivity contribution in [1.29, 1.82) is 0 Å². The number of rotatable bonds is 3. The van der Waals surface area contributed by atoms with Crippen LogP contribution in [0.4, 0.5) is 0 Å².